The summed E-state index contributed by atoms with van der Waals surface area (Å²) in [4.78, 5) is 0. The van der Waals surface area contributed by atoms with Gasteiger partial charge in [-0.25, -0.2) is 0 Å². The van der Waals surface area contributed by atoms with Gasteiger partial charge in [-0.1, -0.05) is 11.6 Å². The fourth-order valence-corrected chi connectivity index (χ4v) is 2.56. The molecule has 0 aliphatic rings. The van der Waals surface area contributed by atoms with Gasteiger partial charge in [-0.15, -0.1) is 0 Å². The van der Waals surface area contributed by atoms with Crippen LogP contribution in [-0.4, -0.2) is 14.9 Å². The fourth-order valence-electron chi connectivity index (χ4n) is 1.71. The Kier molecular flexibility index (Phi) is 4.21. The minimum atomic E-state index is -0.764. The van der Waals surface area contributed by atoms with Gasteiger partial charge in [0.15, 0.2) is 4.67 Å². The van der Waals surface area contributed by atoms with E-state index >= 15 is 0 Å². The number of aliphatic hydroxyl groups is 1. The molecule has 0 aliphatic carbocycles. The van der Waals surface area contributed by atoms with Gasteiger partial charge < -0.3 is 9.52 Å². The SMILES string of the molecule is Cc1nn(C)c(CC(O)c2cc(Br)c(Br)o2)c1Cl. The molecule has 0 radical (unpaired) electrons. The Morgan fingerprint density at radius 3 is 2.67 bits per heavy atom. The largest absolute Gasteiger partial charge is 0.450 e. The number of nitrogens with zero attached hydrogens (tertiary/aromatic N) is 2. The lowest BCUT2D eigenvalue weighted by Crippen LogP contribution is -2.06. The fraction of sp³-hybridized carbons (Fsp3) is 0.364. The average molecular weight is 398 g/mol. The number of hydrogen-bond acceptors (Lipinski definition) is 3. The van der Waals surface area contributed by atoms with Crippen molar-refractivity contribution in [2.45, 2.75) is 19.4 Å². The summed E-state index contributed by atoms with van der Waals surface area (Å²) in [5, 5.41) is 14.9. The molecule has 1 N–H and O–H groups in total. The van der Waals surface area contributed by atoms with Crippen LogP contribution in [0.3, 0.4) is 0 Å². The van der Waals surface area contributed by atoms with Crippen LogP contribution in [0.2, 0.25) is 5.02 Å². The Hall–Kier alpha value is -0.300. The van der Waals surface area contributed by atoms with Crippen molar-refractivity contribution in [2.75, 3.05) is 0 Å². The predicted octanol–water partition coefficient (Wildman–Crippen LogP) is 3.78. The number of rotatable bonds is 3. The van der Waals surface area contributed by atoms with Crippen molar-refractivity contribution in [3.8, 4) is 0 Å². The highest BCUT2D eigenvalue weighted by Crippen LogP contribution is 2.32. The normalized spacial score (nSPS) is 13.0. The third kappa shape index (κ3) is 2.66. The first kappa shape index (κ1) is 14.1. The minimum Gasteiger partial charge on any atom is -0.450 e. The van der Waals surface area contributed by atoms with Crippen LogP contribution in [-0.2, 0) is 13.5 Å². The summed E-state index contributed by atoms with van der Waals surface area (Å²) in [7, 11) is 1.80. The van der Waals surface area contributed by atoms with E-state index < -0.39 is 6.10 Å². The van der Waals surface area contributed by atoms with E-state index in [-0.39, 0.29) is 0 Å². The summed E-state index contributed by atoms with van der Waals surface area (Å²) in [5.74, 6) is 0.476. The first-order valence-corrected chi connectivity index (χ1v) is 7.17. The maximum absolute atomic E-state index is 10.1. The van der Waals surface area contributed by atoms with Crippen molar-refractivity contribution in [2.24, 2.45) is 7.05 Å². The van der Waals surface area contributed by atoms with Crippen LogP contribution in [0.25, 0.3) is 0 Å². The molecule has 4 nitrogen and oxygen atoms in total. The second-order valence-electron chi connectivity index (χ2n) is 3.96. The molecule has 2 rings (SSSR count). The smallest absolute Gasteiger partial charge is 0.183 e. The molecule has 2 aromatic rings. The molecule has 0 saturated carbocycles. The zero-order chi connectivity index (χ0) is 13.4. The summed E-state index contributed by atoms with van der Waals surface area (Å²) in [5.41, 5.74) is 1.54. The topological polar surface area (TPSA) is 51.2 Å². The molecule has 0 aromatic carbocycles. The van der Waals surface area contributed by atoms with Gasteiger partial charge in [0.25, 0.3) is 0 Å². The Labute approximate surface area is 126 Å². The van der Waals surface area contributed by atoms with Crippen LogP contribution in [0.1, 0.15) is 23.3 Å². The lowest BCUT2D eigenvalue weighted by atomic mass is 10.1. The molecule has 0 saturated heterocycles. The van der Waals surface area contributed by atoms with Crippen LogP contribution in [0.15, 0.2) is 19.6 Å². The summed E-state index contributed by atoms with van der Waals surface area (Å²) in [6.45, 7) is 1.83. The monoisotopic (exact) mass is 396 g/mol. The third-order valence-corrected chi connectivity index (χ3v) is 4.84. The van der Waals surface area contributed by atoms with Gasteiger partial charge in [-0.05, 0) is 44.8 Å². The number of aliphatic hydroxyl groups excluding tert-OH is 1. The summed E-state index contributed by atoms with van der Waals surface area (Å²) >= 11 is 12.7. The lowest BCUT2D eigenvalue weighted by Gasteiger charge is -2.08. The first-order chi connectivity index (χ1) is 8.40. The van der Waals surface area contributed by atoms with Gasteiger partial charge in [0.05, 0.1) is 20.9 Å². The van der Waals surface area contributed by atoms with Crippen molar-refractivity contribution in [1.82, 2.24) is 9.78 Å². The number of halogens is 3. The molecule has 1 unspecified atom stereocenters. The van der Waals surface area contributed by atoms with Gasteiger partial charge in [0.1, 0.15) is 11.9 Å². The van der Waals surface area contributed by atoms with Gasteiger partial charge in [-0.3, -0.25) is 4.68 Å². The van der Waals surface area contributed by atoms with E-state index in [1.165, 1.54) is 0 Å². The maximum atomic E-state index is 10.1. The van der Waals surface area contributed by atoms with Crippen molar-refractivity contribution in [3.05, 3.63) is 37.4 Å². The maximum Gasteiger partial charge on any atom is 0.183 e. The molecule has 0 fully saturated rings. The summed E-state index contributed by atoms with van der Waals surface area (Å²) in [6, 6.07) is 1.73. The number of furan rings is 1. The standard InChI is InChI=1S/C11H11Br2ClN2O2/c1-5-10(14)7(16(2)15-5)4-8(17)9-3-6(12)11(13)18-9/h3,8,17H,4H2,1-2H3. The van der Waals surface area contributed by atoms with E-state index in [0.29, 0.717) is 21.9 Å². The minimum absolute atomic E-state index is 0.350. The molecule has 0 bridgehead atoms. The molecule has 2 heterocycles. The van der Waals surface area contributed by atoms with E-state index in [4.69, 9.17) is 16.0 Å². The highest BCUT2D eigenvalue weighted by Gasteiger charge is 2.20. The molecule has 1 atom stereocenters. The Balaban J connectivity index is 2.23. The quantitative estimate of drug-likeness (QED) is 0.856. The Bertz CT molecular complexity index is 560. The zero-order valence-corrected chi connectivity index (χ0v) is 13.7. The molecular formula is C11H11Br2ClN2O2. The summed E-state index contributed by atoms with van der Waals surface area (Å²) in [6.07, 6.45) is -0.414. The van der Waals surface area contributed by atoms with Crippen molar-refractivity contribution >= 4 is 43.5 Å². The number of aryl methyl sites for hydroxylation is 2. The van der Waals surface area contributed by atoms with Gasteiger partial charge >= 0.3 is 0 Å². The van der Waals surface area contributed by atoms with E-state index in [1.807, 2.05) is 6.92 Å². The van der Waals surface area contributed by atoms with Crippen molar-refractivity contribution in [3.63, 3.8) is 0 Å². The first-order valence-electron chi connectivity index (χ1n) is 5.21. The molecular weight excluding hydrogens is 387 g/mol. The Morgan fingerprint density at radius 1 is 1.56 bits per heavy atom. The molecule has 7 heteroatoms. The second kappa shape index (κ2) is 5.36. The molecule has 0 amide bonds. The van der Waals surface area contributed by atoms with Crippen LogP contribution < -0.4 is 0 Å². The number of hydrogen-bond donors (Lipinski definition) is 1. The Morgan fingerprint density at radius 2 is 2.22 bits per heavy atom. The lowest BCUT2D eigenvalue weighted by molar-refractivity contribution is 0.146. The highest BCUT2D eigenvalue weighted by atomic mass is 79.9. The molecule has 0 aliphatic heterocycles. The third-order valence-electron chi connectivity index (χ3n) is 2.64. The van der Waals surface area contributed by atoms with Crippen molar-refractivity contribution in [1.29, 1.82) is 0 Å². The van der Waals surface area contributed by atoms with Gasteiger partial charge in [0.2, 0.25) is 0 Å². The highest BCUT2D eigenvalue weighted by molar-refractivity contribution is 9.13. The van der Waals surface area contributed by atoms with Crippen LogP contribution in [0, 0.1) is 6.92 Å². The summed E-state index contributed by atoms with van der Waals surface area (Å²) < 4.78 is 8.38. The van der Waals surface area contributed by atoms with Crippen LogP contribution in [0.4, 0.5) is 0 Å². The van der Waals surface area contributed by atoms with E-state index in [0.717, 1.165) is 15.9 Å². The second-order valence-corrected chi connectivity index (χ2v) is 5.91. The molecule has 0 spiro atoms. The predicted molar refractivity (Wildman–Crippen MR) is 75.7 cm³/mol. The van der Waals surface area contributed by atoms with Crippen molar-refractivity contribution < 1.29 is 9.52 Å². The van der Waals surface area contributed by atoms with Gasteiger partial charge in [-0.2, -0.15) is 5.10 Å². The zero-order valence-electron chi connectivity index (χ0n) is 9.75. The van der Waals surface area contributed by atoms with E-state index in [1.54, 1.807) is 17.8 Å². The number of aromatic nitrogens is 2. The van der Waals surface area contributed by atoms with E-state index in [9.17, 15) is 5.11 Å². The molecule has 18 heavy (non-hydrogen) atoms. The molecule has 2 aromatic heterocycles. The van der Waals surface area contributed by atoms with Crippen LogP contribution in [0.5, 0.6) is 0 Å². The average Bonchev–Trinajstić information content (AvgIpc) is 2.75. The van der Waals surface area contributed by atoms with Gasteiger partial charge in [0, 0.05) is 13.5 Å². The molecule has 98 valence electrons. The van der Waals surface area contributed by atoms with E-state index in [2.05, 4.69) is 37.0 Å². The van der Waals surface area contributed by atoms with Crippen LogP contribution >= 0.6 is 43.5 Å².